The van der Waals surface area contributed by atoms with E-state index >= 15 is 0 Å². The van der Waals surface area contributed by atoms with E-state index in [1.54, 1.807) is 18.2 Å². The Kier molecular flexibility index (Phi) is 7.78. The summed E-state index contributed by atoms with van der Waals surface area (Å²) in [4.78, 5) is 33.1. The van der Waals surface area contributed by atoms with Crippen molar-refractivity contribution in [2.45, 2.75) is 4.90 Å². The van der Waals surface area contributed by atoms with E-state index < -0.39 is 17.5 Å². The van der Waals surface area contributed by atoms with Gasteiger partial charge in [0.15, 0.2) is 6.61 Å². The lowest BCUT2D eigenvalue weighted by Gasteiger charge is -2.06. The van der Waals surface area contributed by atoms with Crippen LogP contribution in [0.15, 0.2) is 52.5 Å². The van der Waals surface area contributed by atoms with E-state index in [1.165, 1.54) is 42.2 Å². The van der Waals surface area contributed by atoms with Crippen molar-refractivity contribution in [3.8, 4) is 5.75 Å². The average Bonchev–Trinajstić information content (AvgIpc) is 2.66. The molecule has 11 heteroatoms. The van der Waals surface area contributed by atoms with Gasteiger partial charge in [-0.2, -0.15) is 5.10 Å². The summed E-state index contributed by atoms with van der Waals surface area (Å²) in [6.07, 6.45) is 1.38. The van der Waals surface area contributed by atoms with Crippen molar-refractivity contribution >= 4 is 47.1 Å². The molecule has 0 atom stereocenters. The molecule has 0 saturated carbocycles. The lowest BCUT2D eigenvalue weighted by Crippen LogP contribution is -2.19. The molecule has 0 heterocycles. The van der Waals surface area contributed by atoms with Gasteiger partial charge in [0.1, 0.15) is 5.75 Å². The number of nitrogens with one attached hydrogen (secondary N) is 1. The van der Waals surface area contributed by atoms with Gasteiger partial charge in [-0.25, -0.2) is 10.2 Å². The van der Waals surface area contributed by atoms with Crippen molar-refractivity contribution in [3.05, 3.63) is 63.2 Å². The number of rotatable bonds is 9. The van der Waals surface area contributed by atoms with Gasteiger partial charge in [-0.3, -0.25) is 14.9 Å². The summed E-state index contributed by atoms with van der Waals surface area (Å²) in [6, 6.07) is 10.5. The zero-order chi connectivity index (χ0) is 20.5. The highest BCUT2D eigenvalue weighted by atomic mass is 35.5. The van der Waals surface area contributed by atoms with Crippen LogP contribution < -0.4 is 10.2 Å². The highest BCUT2D eigenvalue weighted by Crippen LogP contribution is 2.25. The molecule has 0 spiro atoms. The summed E-state index contributed by atoms with van der Waals surface area (Å²) in [5, 5.41) is 23.2. The van der Waals surface area contributed by atoms with Gasteiger partial charge in [-0.1, -0.05) is 11.6 Å². The van der Waals surface area contributed by atoms with Crippen molar-refractivity contribution in [2.24, 2.45) is 5.10 Å². The number of carboxylic acid groups (broad SMARTS) is 1. The van der Waals surface area contributed by atoms with E-state index in [0.29, 0.717) is 10.5 Å². The Bertz CT molecular complexity index is 904. The average molecular weight is 424 g/mol. The zero-order valence-corrected chi connectivity index (χ0v) is 15.8. The van der Waals surface area contributed by atoms with Crippen molar-refractivity contribution in [1.29, 1.82) is 0 Å². The predicted molar refractivity (Wildman–Crippen MR) is 104 cm³/mol. The standard InChI is InChI=1S/C17H14ClN3O6S/c18-14-7-11(1-6-15(14)27-9-17(23)24)8-19-20-16(22)10-28-13-4-2-12(3-5-13)21(25)26/h1-8H,9-10H2,(H,20,22)(H,23,24). The third kappa shape index (κ3) is 6.89. The zero-order valence-electron chi connectivity index (χ0n) is 14.2. The number of amides is 1. The number of benzene rings is 2. The van der Waals surface area contributed by atoms with Gasteiger partial charge in [0.25, 0.3) is 5.69 Å². The predicted octanol–water partition coefficient (Wildman–Crippen LogP) is 2.95. The minimum absolute atomic E-state index is 0.0172. The Morgan fingerprint density at radius 3 is 2.61 bits per heavy atom. The molecule has 28 heavy (non-hydrogen) atoms. The Morgan fingerprint density at radius 1 is 1.29 bits per heavy atom. The number of nitrogens with zero attached hydrogens (tertiary/aromatic N) is 2. The van der Waals surface area contributed by atoms with Crippen molar-refractivity contribution in [3.63, 3.8) is 0 Å². The highest BCUT2D eigenvalue weighted by Gasteiger charge is 2.07. The fourth-order valence-electron chi connectivity index (χ4n) is 1.88. The first kappa shape index (κ1) is 21.2. The van der Waals surface area contributed by atoms with Crippen LogP contribution in [-0.4, -0.2) is 40.5 Å². The van der Waals surface area contributed by atoms with Gasteiger partial charge < -0.3 is 9.84 Å². The second kappa shape index (κ2) is 10.3. The number of carbonyl (C=O) groups is 2. The summed E-state index contributed by atoms with van der Waals surface area (Å²) in [6.45, 7) is -0.504. The molecule has 0 unspecified atom stereocenters. The van der Waals surface area contributed by atoms with Crippen LogP contribution in [0.25, 0.3) is 0 Å². The first-order chi connectivity index (χ1) is 13.3. The Balaban J connectivity index is 1.81. The van der Waals surface area contributed by atoms with E-state index in [1.807, 2.05) is 0 Å². The maximum atomic E-state index is 11.8. The summed E-state index contributed by atoms with van der Waals surface area (Å²) in [7, 11) is 0. The fourth-order valence-corrected chi connectivity index (χ4v) is 2.81. The quantitative estimate of drug-likeness (QED) is 0.274. The SMILES string of the molecule is O=C(O)COc1ccc(C=NNC(=O)CSc2ccc([N+](=O)[O-])cc2)cc1Cl. The molecule has 0 radical (unpaired) electrons. The van der Waals surface area contributed by atoms with E-state index in [4.69, 9.17) is 21.4 Å². The van der Waals surface area contributed by atoms with Crippen LogP contribution in [0.4, 0.5) is 5.69 Å². The second-order valence-electron chi connectivity index (χ2n) is 5.21. The monoisotopic (exact) mass is 423 g/mol. The lowest BCUT2D eigenvalue weighted by molar-refractivity contribution is -0.384. The first-order valence-corrected chi connectivity index (χ1v) is 9.05. The van der Waals surface area contributed by atoms with E-state index in [0.717, 1.165) is 0 Å². The van der Waals surface area contributed by atoms with Crippen LogP contribution in [0, 0.1) is 10.1 Å². The van der Waals surface area contributed by atoms with Gasteiger partial charge in [0.2, 0.25) is 5.91 Å². The highest BCUT2D eigenvalue weighted by molar-refractivity contribution is 8.00. The molecule has 0 fully saturated rings. The normalized spacial score (nSPS) is 10.6. The Labute approximate surface area is 168 Å². The van der Waals surface area contributed by atoms with Gasteiger partial charge in [0.05, 0.1) is 21.9 Å². The fraction of sp³-hybridized carbons (Fsp3) is 0.118. The molecule has 0 aliphatic carbocycles. The number of aliphatic carboxylic acids is 1. The van der Waals surface area contributed by atoms with Crippen LogP contribution in [0.5, 0.6) is 5.75 Å². The number of carbonyl (C=O) groups excluding carboxylic acids is 1. The number of non-ortho nitro benzene ring substituents is 1. The number of nitro groups is 1. The molecule has 146 valence electrons. The number of hydrogen-bond donors (Lipinski definition) is 2. The molecule has 1 amide bonds. The molecular formula is C17H14ClN3O6S. The van der Waals surface area contributed by atoms with Crippen LogP contribution in [0.2, 0.25) is 5.02 Å². The number of hydrogen-bond acceptors (Lipinski definition) is 7. The maximum Gasteiger partial charge on any atom is 0.341 e. The number of thioether (sulfide) groups is 1. The smallest absolute Gasteiger partial charge is 0.341 e. The number of nitro benzene ring substituents is 1. The minimum Gasteiger partial charge on any atom is -0.480 e. The van der Waals surface area contributed by atoms with Crippen molar-refractivity contribution in [2.75, 3.05) is 12.4 Å². The van der Waals surface area contributed by atoms with E-state index in [-0.39, 0.29) is 28.1 Å². The molecule has 0 aliphatic rings. The number of carboxylic acids is 1. The molecule has 9 nitrogen and oxygen atoms in total. The van der Waals surface area contributed by atoms with Crippen LogP contribution in [-0.2, 0) is 9.59 Å². The van der Waals surface area contributed by atoms with Gasteiger partial charge in [-0.05, 0) is 35.9 Å². The molecule has 2 N–H and O–H groups in total. The summed E-state index contributed by atoms with van der Waals surface area (Å²) >= 11 is 7.20. The maximum absolute atomic E-state index is 11.8. The molecular weight excluding hydrogens is 410 g/mol. The number of halogens is 1. The summed E-state index contributed by atoms with van der Waals surface area (Å²) < 4.78 is 5.00. The van der Waals surface area contributed by atoms with E-state index in [2.05, 4.69) is 10.5 Å². The van der Waals surface area contributed by atoms with Crippen LogP contribution in [0.1, 0.15) is 5.56 Å². The number of hydrazone groups is 1. The van der Waals surface area contributed by atoms with Crippen molar-refractivity contribution < 1.29 is 24.4 Å². The molecule has 0 saturated heterocycles. The topological polar surface area (TPSA) is 131 Å². The third-order valence-electron chi connectivity index (χ3n) is 3.13. The molecule has 2 aromatic carbocycles. The summed E-state index contributed by atoms with van der Waals surface area (Å²) in [5.41, 5.74) is 2.92. The summed E-state index contributed by atoms with van der Waals surface area (Å²) in [5.74, 6) is -1.16. The molecule has 2 aromatic rings. The second-order valence-corrected chi connectivity index (χ2v) is 6.66. The van der Waals surface area contributed by atoms with Gasteiger partial charge >= 0.3 is 5.97 Å². The van der Waals surface area contributed by atoms with E-state index in [9.17, 15) is 19.7 Å². The molecule has 2 rings (SSSR count). The lowest BCUT2D eigenvalue weighted by atomic mass is 10.2. The molecule has 0 bridgehead atoms. The van der Waals surface area contributed by atoms with Gasteiger partial charge in [-0.15, -0.1) is 11.8 Å². The van der Waals surface area contributed by atoms with Crippen LogP contribution in [0.3, 0.4) is 0 Å². The Hall–Kier alpha value is -3.11. The largest absolute Gasteiger partial charge is 0.480 e. The first-order valence-electron chi connectivity index (χ1n) is 7.68. The van der Waals surface area contributed by atoms with Crippen LogP contribution >= 0.6 is 23.4 Å². The Morgan fingerprint density at radius 2 is 2.00 bits per heavy atom. The number of ether oxygens (including phenoxy) is 1. The minimum atomic E-state index is -1.11. The molecule has 0 aromatic heterocycles. The van der Waals surface area contributed by atoms with Crippen molar-refractivity contribution in [1.82, 2.24) is 5.43 Å². The van der Waals surface area contributed by atoms with Gasteiger partial charge in [0, 0.05) is 17.0 Å². The third-order valence-corrected chi connectivity index (χ3v) is 4.43. The molecule has 0 aliphatic heterocycles.